The number of nitrogens with zero attached hydrogens (tertiary/aromatic N) is 3. The molecule has 2 heterocycles. The molecule has 0 spiro atoms. The molecule has 0 saturated carbocycles. The largest absolute Gasteiger partial charge is 0.415 e. The standard InChI is InChI=1S/C20H28N4O4S2/c1-14(29-19-23-22-18(28-19)20(2,3)4)17(25)21-15-8-10-16(11-9-15)30(26,27)24-12-6-5-7-13-24/h8-11,14H,5-7,12-13H2,1-4H3,(H,21,25). The maximum Gasteiger partial charge on any atom is 0.277 e. The van der Waals surface area contributed by atoms with E-state index in [0.717, 1.165) is 19.3 Å². The Labute approximate surface area is 181 Å². The van der Waals surface area contributed by atoms with E-state index >= 15 is 0 Å². The van der Waals surface area contributed by atoms with Crippen molar-refractivity contribution in [2.24, 2.45) is 0 Å². The van der Waals surface area contributed by atoms with Crippen LogP contribution in [0.15, 0.2) is 38.8 Å². The van der Waals surface area contributed by atoms with Gasteiger partial charge in [-0.15, -0.1) is 10.2 Å². The van der Waals surface area contributed by atoms with Gasteiger partial charge in [-0.25, -0.2) is 8.42 Å². The highest BCUT2D eigenvalue weighted by Gasteiger charge is 2.26. The van der Waals surface area contributed by atoms with Crippen molar-refractivity contribution in [3.05, 3.63) is 30.2 Å². The van der Waals surface area contributed by atoms with Gasteiger partial charge in [-0.05, 0) is 44.0 Å². The summed E-state index contributed by atoms with van der Waals surface area (Å²) in [6.45, 7) is 8.78. The third-order valence-electron chi connectivity index (χ3n) is 4.77. The number of rotatable bonds is 6. The van der Waals surface area contributed by atoms with Crippen LogP contribution in [-0.2, 0) is 20.2 Å². The van der Waals surface area contributed by atoms with Gasteiger partial charge in [0, 0.05) is 24.2 Å². The lowest BCUT2D eigenvalue weighted by Crippen LogP contribution is -2.35. The van der Waals surface area contributed by atoms with E-state index in [2.05, 4.69) is 15.5 Å². The maximum absolute atomic E-state index is 12.7. The van der Waals surface area contributed by atoms with Gasteiger partial charge in [0.1, 0.15) is 0 Å². The van der Waals surface area contributed by atoms with Crippen molar-refractivity contribution in [2.75, 3.05) is 18.4 Å². The van der Waals surface area contributed by atoms with Crippen molar-refractivity contribution in [1.82, 2.24) is 14.5 Å². The van der Waals surface area contributed by atoms with Crippen molar-refractivity contribution in [3.63, 3.8) is 0 Å². The summed E-state index contributed by atoms with van der Waals surface area (Å²) >= 11 is 1.18. The number of carbonyl (C=O) groups excluding carboxylic acids is 1. The molecule has 30 heavy (non-hydrogen) atoms. The number of thioether (sulfide) groups is 1. The van der Waals surface area contributed by atoms with Gasteiger partial charge >= 0.3 is 0 Å². The SMILES string of the molecule is CC(Sc1nnc(C(C)(C)C)o1)C(=O)Nc1ccc(S(=O)(=O)N2CCCCC2)cc1. The molecule has 0 bridgehead atoms. The molecule has 0 aliphatic carbocycles. The van der Waals surface area contributed by atoms with Gasteiger partial charge in [-0.3, -0.25) is 4.79 Å². The first-order chi connectivity index (χ1) is 14.1. The minimum Gasteiger partial charge on any atom is -0.415 e. The average molecular weight is 453 g/mol. The van der Waals surface area contributed by atoms with E-state index in [-0.39, 0.29) is 16.2 Å². The van der Waals surface area contributed by atoms with Gasteiger partial charge in [0.2, 0.25) is 21.8 Å². The molecule has 1 amide bonds. The Morgan fingerprint density at radius 2 is 1.77 bits per heavy atom. The minimum atomic E-state index is -3.49. The van der Waals surface area contributed by atoms with Crippen LogP contribution >= 0.6 is 11.8 Å². The normalized spacial score (nSPS) is 16.9. The predicted molar refractivity (Wildman–Crippen MR) is 116 cm³/mol. The average Bonchev–Trinajstić information content (AvgIpc) is 3.18. The summed E-state index contributed by atoms with van der Waals surface area (Å²) in [5.41, 5.74) is 0.277. The predicted octanol–water partition coefficient (Wildman–Crippen LogP) is 3.66. The van der Waals surface area contributed by atoms with Gasteiger partial charge in [0.05, 0.1) is 10.1 Å². The molecule has 1 saturated heterocycles. The number of nitrogens with one attached hydrogen (secondary N) is 1. The molecule has 1 N–H and O–H groups in total. The van der Waals surface area contributed by atoms with E-state index in [0.29, 0.717) is 29.9 Å². The second-order valence-electron chi connectivity index (χ2n) is 8.36. The number of carbonyl (C=O) groups is 1. The Balaban J connectivity index is 1.60. The highest BCUT2D eigenvalue weighted by molar-refractivity contribution is 8.00. The van der Waals surface area contributed by atoms with Crippen LogP contribution in [0.1, 0.15) is 52.8 Å². The van der Waals surface area contributed by atoms with Crippen molar-refractivity contribution in [3.8, 4) is 0 Å². The van der Waals surface area contributed by atoms with E-state index in [1.807, 2.05) is 20.8 Å². The molecule has 1 unspecified atom stereocenters. The van der Waals surface area contributed by atoms with Crippen LogP contribution < -0.4 is 5.32 Å². The molecule has 0 radical (unpaired) electrons. The monoisotopic (exact) mass is 452 g/mol. The van der Waals surface area contributed by atoms with E-state index in [1.54, 1.807) is 19.1 Å². The first-order valence-electron chi connectivity index (χ1n) is 9.99. The molecule has 1 atom stereocenters. The van der Waals surface area contributed by atoms with E-state index in [9.17, 15) is 13.2 Å². The number of hydrogen-bond acceptors (Lipinski definition) is 7. The molecular formula is C20H28N4O4S2. The zero-order valence-corrected chi connectivity index (χ0v) is 19.3. The summed E-state index contributed by atoms with van der Waals surface area (Å²) in [5, 5.41) is 10.7. The Hall–Kier alpha value is -1.91. The molecule has 8 nitrogen and oxygen atoms in total. The lowest BCUT2D eigenvalue weighted by Gasteiger charge is -2.25. The first-order valence-corrected chi connectivity index (χ1v) is 12.3. The number of piperidine rings is 1. The van der Waals surface area contributed by atoms with E-state index in [4.69, 9.17) is 4.42 Å². The molecule has 1 aliphatic rings. The Kier molecular flexibility index (Phi) is 6.88. The Morgan fingerprint density at radius 1 is 1.13 bits per heavy atom. The zero-order valence-electron chi connectivity index (χ0n) is 17.7. The molecule has 3 rings (SSSR count). The van der Waals surface area contributed by atoms with Crippen LogP contribution in [0.3, 0.4) is 0 Å². The van der Waals surface area contributed by atoms with Crippen LogP contribution in [0.25, 0.3) is 0 Å². The number of benzene rings is 1. The minimum absolute atomic E-state index is 0.234. The lowest BCUT2D eigenvalue weighted by atomic mass is 9.97. The highest BCUT2D eigenvalue weighted by Crippen LogP contribution is 2.28. The van der Waals surface area contributed by atoms with Crippen molar-refractivity contribution >= 4 is 33.4 Å². The summed E-state index contributed by atoms with van der Waals surface area (Å²) in [7, 11) is -3.49. The third kappa shape index (κ3) is 5.41. The fourth-order valence-electron chi connectivity index (χ4n) is 2.97. The molecular weight excluding hydrogens is 424 g/mol. The summed E-state index contributed by atoms with van der Waals surface area (Å²) in [6, 6.07) is 6.28. The fourth-order valence-corrected chi connectivity index (χ4v) is 5.17. The lowest BCUT2D eigenvalue weighted by molar-refractivity contribution is -0.115. The van der Waals surface area contributed by atoms with Gasteiger partial charge < -0.3 is 9.73 Å². The van der Waals surface area contributed by atoms with Crippen LogP contribution in [0, 0.1) is 0 Å². The molecule has 1 aromatic carbocycles. The number of anilines is 1. The van der Waals surface area contributed by atoms with E-state index in [1.165, 1.54) is 28.2 Å². The fraction of sp³-hybridized carbons (Fsp3) is 0.550. The Morgan fingerprint density at radius 3 is 2.33 bits per heavy atom. The third-order valence-corrected chi connectivity index (χ3v) is 7.62. The first kappa shape index (κ1) is 22.8. The summed E-state index contributed by atoms with van der Waals surface area (Å²) in [4.78, 5) is 12.7. The summed E-state index contributed by atoms with van der Waals surface area (Å²) < 4.78 is 32.6. The second-order valence-corrected chi connectivity index (χ2v) is 11.6. The number of sulfonamides is 1. The van der Waals surface area contributed by atoms with Gasteiger partial charge in [-0.1, -0.05) is 39.0 Å². The van der Waals surface area contributed by atoms with Crippen molar-refractivity contribution in [1.29, 1.82) is 0 Å². The number of aromatic nitrogens is 2. The molecule has 10 heteroatoms. The molecule has 1 aromatic heterocycles. The van der Waals surface area contributed by atoms with E-state index < -0.39 is 15.3 Å². The van der Waals surface area contributed by atoms with Crippen molar-refractivity contribution in [2.45, 2.75) is 67.7 Å². The van der Waals surface area contributed by atoms with Gasteiger partial charge in [-0.2, -0.15) is 4.31 Å². The zero-order chi connectivity index (χ0) is 21.9. The Bertz CT molecular complexity index is 975. The van der Waals surface area contributed by atoms with Gasteiger partial charge in [0.25, 0.3) is 5.22 Å². The van der Waals surface area contributed by atoms with Crippen molar-refractivity contribution < 1.29 is 17.6 Å². The van der Waals surface area contributed by atoms with Crippen LogP contribution in [0.2, 0.25) is 0 Å². The topological polar surface area (TPSA) is 105 Å². The quantitative estimate of drug-likeness (QED) is 0.667. The molecule has 164 valence electrons. The molecule has 2 aromatic rings. The summed E-state index contributed by atoms with van der Waals surface area (Å²) in [5.74, 6) is 0.283. The molecule has 1 aliphatic heterocycles. The maximum atomic E-state index is 12.7. The second kappa shape index (κ2) is 9.07. The van der Waals surface area contributed by atoms with Crippen LogP contribution in [0.5, 0.6) is 0 Å². The smallest absolute Gasteiger partial charge is 0.277 e. The van der Waals surface area contributed by atoms with Crippen LogP contribution in [0.4, 0.5) is 5.69 Å². The van der Waals surface area contributed by atoms with Gasteiger partial charge in [0.15, 0.2) is 0 Å². The number of amides is 1. The number of hydrogen-bond donors (Lipinski definition) is 1. The molecule has 1 fully saturated rings. The highest BCUT2D eigenvalue weighted by atomic mass is 32.2. The van der Waals surface area contributed by atoms with Crippen LogP contribution in [-0.4, -0.2) is 47.2 Å². The summed E-state index contributed by atoms with van der Waals surface area (Å²) in [6.07, 6.45) is 2.84.